The van der Waals surface area contributed by atoms with Crippen LogP contribution in [0.4, 0.5) is 0 Å². The Hall–Kier alpha value is -3.45. The highest BCUT2D eigenvalue weighted by Crippen LogP contribution is 2.38. The van der Waals surface area contributed by atoms with Gasteiger partial charge < -0.3 is 19.1 Å². The summed E-state index contributed by atoms with van der Waals surface area (Å²) in [5.74, 6) is 2.11. The normalized spacial score (nSPS) is 19.7. The average molecular weight is 474 g/mol. The van der Waals surface area contributed by atoms with E-state index in [-0.39, 0.29) is 11.8 Å². The maximum atomic E-state index is 14.0. The van der Waals surface area contributed by atoms with Gasteiger partial charge in [0.2, 0.25) is 11.8 Å². The summed E-state index contributed by atoms with van der Waals surface area (Å²) in [4.78, 5) is 25.2. The van der Waals surface area contributed by atoms with E-state index in [0.717, 1.165) is 30.6 Å². The lowest BCUT2D eigenvalue weighted by molar-refractivity contribution is -0.142. The molecular weight excluding hydrogens is 442 g/mol. The minimum absolute atomic E-state index is 0.113. The number of ether oxygens (including phenoxy) is 3. The third-order valence-electron chi connectivity index (χ3n) is 7.10. The number of rotatable bonds is 6. The molecule has 0 bridgehead atoms. The van der Waals surface area contributed by atoms with E-state index < -0.39 is 5.41 Å². The molecule has 1 aromatic heterocycles. The molecule has 182 valence electrons. The highest BCUT2D eigenvalue weighted by atomic mass is 16.5. The Morgan fingerprint density at radius 2 is 1.86 bits per heavy atom. The molecular formula is C28H31N3O4. The zero-order valence-electron chi connectivity index (χ0n) is 20.1. The van der Waals surface area contributed by atoms with Gasteiger partial charge in [-0.3, -0.25) is 9.78 Å². The molecule has 2 aliphatic rings. The van der Waals surface area contributed by atoms with Crippen LogP contribution in [0.1, 0.15) is 42.9 Å². The summed E-state index contributed by atoms with van der Waals surface area (Å²) in [5, 5.41) is 0. The topological polar surface area (TPSA) is 73.8 Å². The number of piperidine rings is 1. The Labute approximate surface area is 206 Å². The second kappa shape index (κ2) is 10.4. The van der Waals surface area contributed by atoms with Crippen LogP contribution in [0.5, 0.6) is 17.4 Å². The van der Waals surface area contributed by atoms with Crippen LogP contribution in [0.2, 0.25) is 0 Å². The van der Waals surface area contributed by atoms with E-state index in [9.17, 15) is 4.79 Å². The molecule has 0 spiro atoms. The van der Waals surface area contributed by atoms with Gasteiger partial charge in [-0.25, -0.2) is 4.98 Å². The predicted molar refractivity (Wildman–Crippen MR) is 132 cm³/mol. The second-order valence-corrected chi connectivity index (χ2v) is 9.21. The highest BCUT2D eigenvalue weighted by molar-refractivity contribution is 5.88. The zero-order chi connectivity index (χ0) is 24.1. The molecule has 0 saturated carbocycles. The molecule has 5 rings (SSSR count). The summed E-state index contributed by atoms with van der Waals surface area (Å²) < 4.78 is 16.9. The number of hydrogen-bond donors (Lipinski definition) is 0. The maximum Gasteiger partial charge on any atom is 0.238 e. The van der Waals surface area contributed by atoms with Crippen LogP contribution in [-0.2, 0) is 14.9 Å². The Morgan fingerprint density at radius 1 is 1.06 bits per heavy atom. The lowest BCUT2D eigenvalue weighted by Gasteiger charge is -2.42. The SMILES string of the molecule is COc1cccc(Oc2cncc([C@@H]3CCCN(C(=O)C4(c5ccccc5)CCOCC4)C3)n2)c1. The van der Waals surface area contributed by atoms with Crippen molar-refractivity contribution in [3.8, 4) is 17.4 Å². The smallest absolute Gasteiger partial charge is 0.238 e. The van der Waals surface area contributed by atoms with E-state index in [4.69, 9.17) is 19.2 Å². The molecule has 1 atom stereocenters. The van der Waals surface area contributed by atoms with Gasteiger partial charge in [0, 0.05) is 44.5 Å². The first-order chi connectivity index (χ1) is 17.2. The Kier molecular flexibility index (Phi) is 6.95. The van der Waals surface area contributed by atoms with Gasteiger partial charge in [-0.15, -0.1) is 0 Å². The molecule has 7 heteroatoms. The Bertz CT molecular complexity index is 1150. The molecule has 0 unspecified atom stereocenters. The van der Waals surface area contributed by atoms with Crippen molar-refractivity contribution < 1.29 is 19.0 Å². The van der Waals surface area contributed by atoms with E-state index in [1.165, 1.54) is 0 Å². The summed E-state index contributed by atoms with van der Waals surface area (Å²) >= 11 is 0. The number of benzene rings is 2. The van der Waals surface area contributed by atoms with Crippen LogP contribution in [0.15, 0.2) is 67.0 Å². The number of carbonyl (C=O) groups is 1. The molecule has 3 aromatic rings. The summed E-state index contributed by atoms with van der Waals surface area (Å²) in [6.45, 7) is 2.60. The predicted octanol–water partition coefficient (Wildman–Crippen LogP) is 4.73. The Morgan fingerprint density at radius 3 is 2.66 bits per heavy atom. The van der Waals surface area contributed by atoms with Crippen LogP contribution >= 0.6 is 0 Å². The van der Waals surface area contributed by atoms with Gasteiger partial charge in [-0.1, -0.05) is 36.4 Å². The number of amides is 1. The molecule has 2 aliphatic heterocycles. The number of nitrogens with zero attached hydrogens (tertiary/aromatic N) is 3. The largest absolute Gasteiger partial charge is 0.497 e. The molecule has 35 heavy (non-hydrogen) atoms. The lowest BCUT2D eigenvalue weighted by Crippen LogP contribution is -2.52. The van der Waals surface area contributed by atoms with E-state index in [2.05, 4.69) is 17.1 Å². The van der Waals surface area contributed by atoms with E-state index in [1.807, 2.05) is 47.4 Å². The second-order valence-electron chi connectivity index (χ2n) is 9.21. The lowest BCUT2D eigenvalue weighted by atomic mass is 9.72. The van der Waals surface area contributed by atoms with Gasteiger partial charge in [-0.05, 0) is 43.4 Å². The van der Waals surface area contributed by atoms with Gasteiger partial charge in [0.05, 0.1) is 24.4 Å². The van der Waals surface area contributed by atoms with Crippen molar-refractivity contribution in [1.82, 2.24) is 14.9 Å². The fourth-order valence-electron chi connectivity index (χ4n) is 5.20. The number of likely N-dealkylation sites (tertiary alicyclic amines) is 1. The first-order valence-corrected chi connectivity index (χ1v) is 12.2. The molecule has 2 fully saturated rings. The third kappa shape index (κ3) is 5.00. The first-order valence-electron chi connectivity index (χ1n) is 12.2. The van der Waals surface area contributed by atoms with Gasteiger partial charge in [0.15, 0.2) is 0 Å². The quantitative estimate of drug-likeness (QED) is 0.515. The highest BCUT2D eigenvalue weighted by Gasteiger charge is 2.45. The minimum Gasteiger partial charge on any atom is -0.497 e. The standard InChI is InChI=1S/C28H31N3O4/c1-33-23-10-5-11-24(17-23)35-26-19-29-18-25(30-26)21-7-6-14-31(20-21)27(32)28(12-15-34-16-13-28)22-8-3-2-4-9-22/h2-5,8-11,17-19,21H,6-7,12-16,20H2,1H3/t21-/m1/s1. The molecule has 3 heterocycles. The third-order valence-corrected chi connectivity index (χ3v) is 7.10. The average Bonchev–Trinajstić information content (AvgIpc) is 2.94. The molecule has 0 radical (unpaired) electrons. The van der Waals surface area contributed by atoms with Crippen molar-refractivity contribution in [1.29, 1.82) is 0 Å². The number of methoxy groups -OCH3 is 1. The van der Waals surface area contributed by atoms with Gasteiger partial charge in [-0.2, -0.15) is 0 Å². The summed E-state index contributed by atoms with van der Waals surface area (Å²) in [7, 11) is 1.62. The zero-order valence-corrected chi connectivity index (χ0v) is 20.1. The number of hydrogen-bond acceptors (Lipinski definition) is 6. The molecule has 0 aliphatic carbocycles. The van der Waals surface area contributed by atoms with Gasteiger partial charge in [0.1, 0.15) is 11.5 Å². The molecule has 2 saturated heterocycles. The minimum atomic E-state index is -0.523. The Balaban J connectivity index is 1.34. The molecule has 1 amide bonds. The molecule has 0 N–H and O–H groups in total. The van der Waals surface area contributed by atoms with Crippen LogP contribution in [-0.4, -0.2) is 54.2 Å². The van der Waals surface area contributed by atoms with E-state index in [0.29, 0.717) is 50.0 Å². The van der Waals surface area contributed by atoms with Crippen molar-refractivity contribution in [2.75, 3.05) is 33.4 Å². The maximum absolute atomic E-state index is 14.0. The summed E-state index contributed by atoms with van der Waals surface area (Å²) in [6.07, 6.45) is 6.71. The van der Waals surface area contributed by atoms with Crippen molar-refractivity contribution >= 4 is 5.91 Å². The fourth-order valence-corrected chi connectivity index (χ4v) is 5.20. The van der Waals surface area contributed by atoms with Crippen molar-refractivity contribution in [2.45, 2.75) is 37.0 Å². The number of carbonyl (C=O) groups excluding carboxylic acids is 1. The van der Waals surface area contributed by atoms with Gasteiger partial charge in [0.25, 0.3) is 0 Å². The molecule has 7 nitrogen and oxygen atoms in total. The monoisotopic (exact) mass is 473 g/mol. The van der Waals surface area contributed by atoms with Crippen molar-refractivity contribution in [3.05, 3.63) is 78.2 Å². The van der Waals surface area contributed by atoms with Crippen molar-refractivity contribution in [2.24, 2.45) is 0 Å². The summed E-state index contributed by atoms with van der Waals surface area (Å²) in [6, 6.07) is 17.6. The molecule has 2 aromatic carbocycles. The summed E-state index contributed by atoms with van der Waals surface area (Å²) in [5.41, 5.74) is 1.41. The first kappa shape index (κ1) is 23.3. The van der Waals surface area contributed by atoms with Crippen LogP contribution in [0, 0.1) is 0 Å². The van der Waals surface area contributed by atoms with Crippen LogP contribution < -0.4 is 9.47 Å². The van der Waals surface area contributed by atoms with Crippen LogP contribution in [0.25, 0.3) is 0 Å². The van der Waals surface area contributed by atoms with Gasteiger partial charge >= 0.3 is 0 Å². The number of aromatic nitrogens is 2. The van der Waals surface area contributed by atoms with E-state index in [1.54, 1.807) is 19.5 Å². The fraction of sp³-hybridized carbons (Fsp3) is 0.393. The van der Waals surface area contributed by atoms with Crippen LogP contribution in [0.3, 0.4) is 0 Å². The van der Waals surface area contributed by atoms with Crippen molar-refractivity contribution in [3.63, 3.8) is 0 Å². The van der Waals surface area contributed by atoms with E-state index >= 15 is 0 Å².